The number of rotatable bonds is 4. The highest BCUT2D eigenvalue weighted by Gasteiger charge is 2.31. The normalized spacial score (nSPS) is 13.0. The Balaban J connectivity index is 2.35. The highest BCUT2D eigenvalue weighted by Crippen LogP contribution is 2.28. The molecule has 1 atom stereocenters. The molecule has 2 aromatic carbocycles. The summed E-state index contributed by atoms with van der Waals surface area (Å²) in [6.07, 6.45) is 0. The van der Waals surface area contributed by atoms with Crippen LogP contribution in [0.3, 0.4) is 0 Å². The molecular formula is C19H23NO2. The third kappa shape index (κ3) is 4.18. The standard InChI is InChI=1S/C19H23NO2/c1-19(2,3)22-18(21)17(20)16(14-10-6-4-7-11-14)15-12-8-5-9-13-15/h4-13,16-17H,20H2,1-3H3/t17-/m0/s1. The minimum absolute atomic E-state index is 0.225. The van der Waals surface area contributed by atoms with Gasteiger partial charge in [0.25, 0.3) is 0 Å². The molecule has 116 valence electrons. The molecule has 0 aliphatic heterocycles. The Bertz CT molecular complexity index is 563. The second-order valence-electron chi connectivity index (χ2n) is 6.36. The molecule has 0 amide bonds. The Morgan fingerprint density at radius 3 is 1.68 bits per heavy atom. The quantitative estimate of drug-likeness (QED) is 0.879. The predicted molar refractivity (Wildman–Crippen MR) is 88.5 cm³/mol. The molecule has 0 spiro atoms. The average Bonchev–Trinajstić information content (AvgIpc) is 2.48. The number of hydrogen-bond acceptors (Lipinski definition) is 3. The van der Waals surface area contributed by atoms with E-state index < -0.39 is 11.6 Å². The maximum Gasteiger partial charge on any atom is 0.324 e. The SMILES string of the molecule is CC(C)(C)OC(=O)[C@@H](N)C(c1ccccc1)c1ccccc1. The highest BCUT2D eigenvalue weighted by molar-refractivity contribution is 5.78. The third-order valence-electron chi connectivity index (χ3n) is 3.36. The van der Waals surface area contributed by atoms with E-state index in [0.29, 0.717) is 0 Å². The van der Waals surface area contributed by atoms with Gasteiger partial charge in [0.05, 0.1) is 0 Å². The van der Waals surface area contributed by atoms with Crippen LogP contribution in [0.5, 0.6) is 0 Å². The Morgan fingerprint density at radius 1 is 0.909 bits per heavy atom. The predicted octanol–water partition coefficient (Wildman–Crippen LogP) is 3.49. The van der Waals surface area contributed by atoms with E-state index in [1.165, 1.54) is 0 Å². The second-order valence-corrected chi connectivity index (χ2v) is 6.36. The third-order valence-corrected chi connectivity index (χ3v) is 3.36. The first-order chi connectivity index (χ1) is 10.4. The van der Waals surface area contributed by atoms with Gasteiger partial charge in [0, 0.05) is 5.92 Å². The van der Waals surface area contributed by atoms with Crippen LogP contribution >= 0.6 is 0 Å². The molecule has 0 bridgehead atoms. The Morgan fingerprint density at radius 2 is 1.32 bits per heavy atom. The van der Waals surface area contributed by atoms with Crippen molar-refractivity contribution in [1.29, 1.82) is 0 Å². The van der Waals surface area contributed by atoms with Gasteiger partial charge in [-0.05, 0) is 31.9 Å². The summed E-state index contributed by atoms with van der Waals surface area (Å²) in [6.45, 7) is 5.53. The van der Waals surface area contributed by atoms with E-state index in [1.54, 1.807) is 0 Å². The summed E-state index contributed by atoms with van der Waals surface area (Å²) < 4.78 is 5.46. The lowest BCUT2D eigenvalue weighted by atomic mass is 9.85. The lowest BCUT2D eigenvalue weighted by molar-refractivity contribution is -0.156. The van der Waals surface area contributed by atoms with Gasteiger partial charge in [0.2, 0.25) is 0 Å². The van der Waals surface area contributed by atoms with Gasteiger partial charge in [-0.3, -0.25) is 4.79 Å². The van der Waals surface area contributed by atoms with Crippen LogP contribution in [0.15, 0.2) is 60.7 Å². The minimum atomic E-state index is -0.746. The number of esters is 1. The molecule has 3 heteroatoms. The molecule has 0 heterocycles. The topological polar surface area (TPSA) is 52.3 Å². The molecule has 0 saturated heterocycles. The summed E-state index contributed by atoms with van der Waals surface area (Å²) >= 11 is 0. The van der Waals surface area contributed by atoms with Crippen LogP contribution in [0.1, 0.15) is 37.8 Å². The van der Waals surface area contributed by atoms with Gasteiger partial charge in [-0.1, -0.05) is 60.7 Å². The summed E-state index contributed by atoms with van der Waals surface area (Å²) in [5.74, 6) is -0.609. The Hall–Kier alpha value is -2.13. The van der Waals surface area contributed by atoms with Crippen LogP contribution in [-0.4, -0.2) is 17.6 Å². The zero-order valence-corrected chi connectivity index (χ0v) is 13.3. The maximum atomic E-state index is 12.4. The second kappa shape index (κ2) is 6.75. The van der Waals surface area contributed by atoms with Crippen LogP contribution in [0.25, 0.3) is 0 Å². The lowest BCUT2D eigenvalue weighted by Crippen LogP contribution is -2.42. The molecule has 0 aliphatic rings. The lowest BCUT2D eigenvalue weighted by Gasteiger charge is -2.27. The number of carbonyl (C=O) groups is 1. The largest absolute Gasteiger partial charge is 0.459 e. The first kappa shape index (κ1) is 16.2. The Labute approximate surface area is 132 Å². The maximum absolute atomic E-state index is 12.4. The van der Waals surface area contributed by atoms with Crippen molar-refractivity contribution in [3.05, 3.63) is 71.8 Å². The highest BCUT2D eigenvalue weighted by atomic mass is 16.6. The molecule has 0 aromatic heterocycles. The van der Waals surface area contributed by atoms with Crippen LogP contribution in [-0.2, 0) is 9.53 Å². The van der Waals surface area contributed by atoms with Crippen molar-refractivity contribution >= 4 is 5.97 Å². The average molecular weight is 297 g/mol. The van der Waals surface area contributed by atoms with Crippen LogP contribution in [0.4, 0.5) is 0 Å². The van der Waals surface area contributed by atoms with Crippen LogP contribution in [0.2, 0.25) is 0 Å². The molecule has 2 aromatic rings. The van der Waals surface area contributed by atoms with Gasteiger partial charge in [0.15, 0.2) is 0 Å². The van der Waals surface area contributed by atoms with Gasteiger partial charge in [-0.25, -0.2) is 0 Å². The van der Waals surface area contributed by atoms with Gasteiger partial charge in [-0.2, -0.15) is 0 Å². The summed E-state index contributed by atoms with van der Waals surface area (Å²) in [4.78, 5) is 12.4. The summed E-state index contributed by atoms with van der Waals surface area (Å²) in [5, 5.41) is 0. The zero-order chi connectivity index (χ0) is 16.2. The smallest absolute Gasteiger partial charge is 0.324 e. The molecule has 0 saturated carbocycles. The first-order valence-electron chi connectivity index (χ1n) is 7.47. The molecular weight excluding hydrogens is 274 g/mol. The van der Waals surface area contributed by atoms with Gasteiger partial charge < -0.3 is 10.5 Å². The van der Waals surface area contributed by atoms with Crippen molar-refractivity contribution in [2.45, 2.75) is 38.3 Å². The van der Waals surface area contributed by atoms with Crippen molar-refractivity contribution in [2.75, 3.05) is 0 Å². The van der Waals surface area contributed by atoms with E-state index in [2.05, 4.69) is 0 Å². The Kier molecular flexibility index (Phi) is 4.99. The fraction of sp³-hybridized carbons (Fsp3) is 0.316. The molecule has 3 nitrogen and oxygen atoms in total. The van der Waals surface area contributed by atoms with E-state index in [4.69, 9.17) is 10.5 Å². The molecule has 22 heavy (non-hydrogen) atoms. The van der Waals surface area contributed by atoms with E-state index in [1.807, 2.05) is 81.4 Å². The van der Waals surface area contributed by atoms with E-state index in [9.17, 15) is 4.79 Å². The fourth-order valence-electron chi connectivity index (χ4n) is 2.43. The van der Waals surface area contributed by atoms with Crippen molar-refractivity contribution in [2.24, 2.45) is 5.73 Å². The molecule has 0 aliphatic carbocycles. The van der Waals surface area contributed by atoms with Crippen molar-refractivity contribution in [1.82, 2.24) is 0 Å². The van der Waals surface area contributed by atoms with Gasteiger partial charge in [-0.15, -0.1) is 0 Å². The zero-order valence-electron chi connectivity index (χ0n) is 13.3. The van der Waals surface area contributed by atoms with E-state index in [-0.39, 0.29) is 11.9 Å². The monoisotopic (exact) mass is 297 g/mol. The number of hydrogen-bond donors (Lipinski definition) is 1. The molecule has 0 radical (unpaired) electrons. The summed E-state index contributed by atoms with van der Waals surface area (Å²) in [5.41, 5.74) is 7.72. The van der Waals surface area contributed by atoms with Crippen molar-refractivity contribution in [3.63, 3.8) is 0 Å². The van der Waals surface area contributed by atoms with Crippen molar-refractivity contribution < 1.29 is 9.53 Å². The molecule has 2 rings (SSSR count). The van der Waals surface area contributed by atoms with Gasteiger partial charge >= 0.3 is 5.97 Å². The van der Waals surface area contributed by atoms with E-state index in [0.717, 1.165) is 11.1 Å². The molecule has 2 N–H and O–H groups in total. The molecule has 0 fully saturated rings. The summed E-state index contributed by atoms with van der Waals surface area (Å²) in [7, 11) is 0. The first-order valence-corrected chi connectivity index (χ1v) is 7.47. The van der Waals surface area contributed by atoms with Crippen LogP contribution in [0, 0.1) is 0 Å². The minimum Gasteiger partial charge on any atom is -0.459 e. The number of benzene rings is 2. The number of nitrogens with two attached hydrogens (primary N) is 1. The number of ether oxygens (including phenoxy) is 1. The van der Waals surface area contributed by atoms with E-state index >= 15 is 0 Å². The summed E-state index contributed by atoms with van der Waals surface area (Å²) in [6, 6.07) is 18.9. The van der Waals surface area contributed by atoms with Crippen molar-refractivity contribution in [3.8, 4) is 0 Å². The fourth-order valence-corrected chi connectivity index (χ4v) is 2.43. The molecule has 0 unspecified atom stereocenters. The van der Waals surface area contributed by atoms with Crippen LogP contribution < -0.4 is 5.73 Å². The van der Waals surface area contributed by atoms with Gasteiger partial charge in [0.1, 0.15) is 11.6 Å². The number of carbonyl (C=O) groups excluding carboxylic acids is 1.